The fourth-order valence-electron chi connectivity index (χ4n) is 3.88. The van der Waals surface area contributed by atoms with Crippen molar-refractivity contribution < 1.29 is 4.79 Å². The van der Waals surface area contributed by atoms with Gasteiger partial charge in [0.1, 0.15) is 5.25 Å². The van der Waals surface area contributed by atoms with E-state index in [0.29, 0.717) is 18.4 Å². The van der Waals surface area contributed by atoms with Gasteiger partial charge in [0.15, 0.2) is 0 Å². The predicted molar refractivity (Wildman–Crippen MR) is 102 cm³/mol. The van der Waals surface area contributed by atoms with E-state index in [4.69, 9.17) is 5.73 Å². The highest BCUT2D eigenvalue weighted by Crippen LogP contribution is 2.42. The molecular weight excluding hydrogens is 336 g/mol. The number of rotatable bonds is 3. The quantitative estimate of drug-likeness (QED) is 0.916. The van der Waals surface area contributed by atoms with Gasteiger partial charge in [0.2, 0.25) is 5.91 Å². The maximum Gasteiger partial charge on any atom is 0.240 e. The van der Waals surface area contributed by atoms with Gasteiger partial charge in [0.05, 0.1) is 0 Å². The molecule has 1 unspecified atom stereocenters. The molecule has 2 aliphatic rings. The second kappa shape index (κ2) is 6.90. The highest BCUT2D eigenvalue weighted by atomic mass is 32.2. The first-order chi connectivity index (χ1) is 11.8. The first-order valence-electron chi connectivity index (χ1n) is 8.49. The van der Waals surface area contributed by atoms with Crippen LogP contribution in [0.15, 0.2) is 41.8 Å². The van der Waals surface area contributed by atoms with Gasteiger partial charge in [-0.2, -0.15) is 0 Å². The molecule has 1 aromatic heterocycles. The van der Waals surface area contributed by atoms with E-state index in [-0.39, 0.29) is 11.2 Å². The zero-order valence-corrected chi connectivity index (χ0v) is 15.2. The number of likely N-dealkylation sites (tertiary alicyclic amines) is 1. The summed E-state index contributed by atoms with van der Waals surface area (Å²) in [5.74, 6) is 2.03. The summed E-state index contributed by atoms with van der Waals surface area (Å²) in [7, 11) is 0. The first kappa shape index (κ1) is 16.2. The molecule has 126 valence electrons. The lowest BCUT2D eigenvalue weighted by atomic mass is 9.89. The summed E-state index contributed by atoms with van der Waals surface area (Å²) < 4.78 is 0. The van der Waals surface area contributed by atoms with Gasteiger partial charge < -0.3 is 10.6 Å². The van der Waals surface area contributed by atoms with Gasteiger partial charge in [-0.25, -0.2) is 0 Å². The standard InChI is InChI=1S/C19H22N2OS2/c20-10-14-11-21(12-16(14)13-4-2-1-3-5-13)19(22)18-15-6-8-23-17(15)7-9-24-18/h1-6,8,14,16,18H,7,9-12,20H2/t14-,16+,18?/m1/s1. The molecule has 3 atom stereocenters. The fraction of sp³-hybridized carbons (Fsp3) is 0.421. The van der Waals surface area contributed by atoms with Crippen molar-refractivity contribution in [3.05, 3.63) is 57.8 Å². The lowest BCUT2D eigenvalue weighted by Gasteiger charge is -2.26. The lowest BCUT2D eigenvalue weighted by molar-refractivity contribution is -0.129. The van der Waals surface area contributed by atoms with E-state index in [1.165, 1.54) is 16.0 Å². The summed E-state index contributed by atoms with van der Waals surface area (Å²) in [4.78, 5) is 16.6. The number of thiophene rings is 1. The summed E-state index contributed by atoms with van der Waals surface area (Å²) in [6, 6.07) is 12.6. The number of nitrogens with zero attached hydrogens (tertiary/aromatic N) is 1. The third-order valence-corrected chi connectivity index (χ3v) is 7.41. The SMILES string of the molecule is NC[C@@H]1CN(C(=O)C2SCCc3sccc32)C[C@H]1c1ccccc1. The average molecular weight is 359 g/mol. The van der Waals surface area contributed by atoms with Gasteiger partial charge in [0, 0.05) is 23.9 Å². The summed E-state index contributed by atoms with van der Waals surface area (Å²) in [5, 5.41) is 2.10. The highest BCUT2D eigenvalue weighted by Gasteiger charge is 2.39. The molecule has 0 spiro atoms. The summed E-state index contributed by atoms with van der Waals surface area (Å²) in [5.41, 5.74) is 8.57. The van der Waals surface area contributed by atoms with Crippen molar-refractivity contribution in [2.75, 3.05) is 25.4 Å². The summed E-state index contributed by atoms with van der Waals surface area (Å²) in [6.45, 7) is 2.21. The molecule has 2 aromatic rings. The molecule has 5 heteroatoms. The second-order valence-electron chi connectivity index (χ2n) is 6.56. The van der Waals surface area contributed by atoms with Crippen molar-refractivity contribution in [1.82, 2.24) is 4.90 Å². The van der Waals surface area contributed by atoms with Crippen LogP contribution in [0.5, 0.6) is 0 Å². The monoisotopic (exact) mass is 358 g/mol. The van der Waals surface area contributed by atoms with E-state index in [9.17, 15) is 4.79 Å². The van der Waals surface area contributed by atoms with Crippen molar-refractivity contribution in [1.29, 1.82) is 0 Å². The van der Waals surface area contributed by atoms with Gasteiger partial charge in [-0.05, 0) is 47.2 Å². The molecule has 24 heavy (non-hydrogen) atoms. The van der Waals surface area contributed by atoms with E-state index in [1.807, 2.05) is 6.07 Å². The maximum atomic E-state index is 13.2. The number of nitrogens with two attached hydrogens (primary N) is 1. The Hall–Kier alpha value is -1.30. The average Bonchev–Trinajstić information content (AvgIpc) is 3.28. The molecule has 0 bridgehead atoms. The summed E-state index contributed by atoms with van der Waals surface area (Å²) in [6.07, 6.45) is 1.10. The number of benzene rings is 1. The Labute approximate surface area is 151 Å². The number of thioether (sulfide) groups is 1. The smallest absolute Gasteiger partial charge is 0.240 e. The van der Waals surface area contributed by atoms with Crippen LogP contribution in [0.3, 0.4) is 0 Å². The van der Waals surface area contributed by atoms with Crippen LogP contribution >= 0.6 is 23.1 Å². The van der Waals surface area contributed by atoms with Crippen molar-refractivity contribution in [2.45, 2.75) is 17.6 Å². The Bertz CT molecular complexity index is 715. The molecule has 2 aliphatic heterocycles. The minimum Gasteiger partial charge on any atom is -0.340 e. The van der Waals surface area contributed by atoms with E-state index in [2.05, 4.69) is 40.6 Å². The molecule has 0 aliphatic carbocycles. The number of hydrogen-bond acceptors (Lipinski definition) is 4. The molecule has 1 saturated heterocycles. The number of amides is 1. The number of fused-ring (bicyclic) bond motifs is 1. The van der Waals surface area contributed by atoms with Gasteiger partial charge in [-0.3, -0.25) is 4.79 Å². The van der Waals surface area contributed by atoms with Crippen LogP contribution < -0.4 is 5.73 Å². The number of carbonyl (C=O) groups excluding carboxylic acids is 1. The highest BCUT2D eigenvalue weighted by molar-refractivity contribution is 8.00. The van der Waals surface area contributed by atoms with Gasteiger partial charge in [0.25, 0.3) is 0 Å². The van der Waals surface area contributed by atoms with E-state index in [1.54, 1.807) is 23.1 Å². The molecule has 2 N–H and O–H groups in total. The van der Waals surface area contributed by atoms with Crippen molar-refractivity contribution in [2.24, 2.45) is 11.7 Å². The van der Waals surface area contributed by atoms with E-state index < -0.39 is 0 Å². The Kier molecular flexibility index (Phi) is 4.66. The molecule has 1 fully saturated rings. The molecule has 1 amide bonds. The molecule has 1 aromatic carbocycles. The minimum atomic E-state index is -0.0204. The Morgan fingerprint density at radius 2 is 2.04 bits per heavy atom. The zero-order chi connectivity index (χ0) is 16.5. The third kappa shape index (κ3) is 2.89. The lowest BCUT2D eigenvalue weighted by Crippen LogP contribution is -2.34. The number of hydrogen-bond donors (Lipinski definition) is 1. The fourth-order valence-corrected chi connectivity index (χ4v) is 6.26. The topological polar surface area (TPSA) is 46.3 Å². The zero-order valence-electron chi connectivity index (χ0n) is 13.6. The van der Waals surface area contributed by atoms with Crippen LogP contribution in [0.25, 0.3) is 0 Å². The maximum absolute atomic E-state index is 13.2. The Balaban J connectivity index is 1.55. The molecule has 3 heterocycles. The largest absolute Gasteiger partial charge is 0.340 e. The number of carbonyl (C=O) groups is 1. The molecular formula is C19H22N2OS2. The third-order valence-electron chi connectivity index (χ3n) is 5.18. The van der Waals surface area contributed by atoms with Crippen LogP contribution in [-0.4, -0.2) is 36.2 Å². The van der Waals surface area contributed by atoms with Crippen LogP contribution in [0.4, 0.5) is 0 Å². The van der Waals surface area contributed by atoms with E-state index >= 15 is 0 Å². The first-order valence-corrected chi connectivity index (χ1v) is 10.4. The second-order valence-corrected chi connectivity index (χ2v) is 8.77. The predicted octanol–water partition coefficient (Wildman–Crippen LogP) is 3.28. The van der Waals surface area contributed by atoms with Gasteiger partial charge in [-0.15, -0.1) is 23.1 Å². The Morgan fingerprint density at radius 1 is 1.21 bits per heavy atom. The minimum absolute atomic E-state index is 0.0204. The molecule has 3 nitrogen and oxygen atoms in total. The van der Waals surface area contributed by atoms with Crippen LogP contribution in [-0.2, 0) is 11.2 Å². The number of aryl methyl sites for hydroxylation is 1. The molecule has 4 rings (SSSR count). The van der Waals surface area contributed by atoms with Gasteiger partial charge >= 0.3 is 0 Å². The van der Waals surface area contributed by atoms with Gasteiger partial charge in [-0.1, -0.05) is 30.3 Å². The van der Waals surface area contributed by atoms with Crippen molar-refractivity contribution in [3.63, 3.8) is 0 Å². The van der Waals surface area contributed by atoms with Crippen LogP contribution in [0, 0.1) is 5.92 Å². The molecule has 0 saturated carbocycles. The van der Waals surface area contributed by atoms with Crippen LogP contribution in [0.2, 0.25) is 0 Å². The molecule has 0 radical (unpaired) electrons. The van der Waals surface area contributed by atoms with Crippen LogP contribution in [0.1, 0.15) is 27.2 Å². The van der Waals surface area contributed by atoms with Crippen molar-refractivity contribution >= 4 is 29.0 Å². The normalized spacial score (nSPS) is 26.4. The Morgan fingerprint density at radius 3 is 2.83 bits per heavy atom. The van der Waals surface area contributed by atoms with E-state index in [0.717, 1.165) is 25.3 Å². The summed E-state index contributed by atoms with van der Waals surface area (Å²) >= 11 is 3.58. The van der Waals surface area contributed by atoms with Crippen molar-refractivity contribution in [3.8, 4) is 0 Å².